The first-order chi connectivity index (χ1) is 9.74. The molecule has 118 valence electrons. The van der Waals surface area contributed by atoms with E-state index in [1.54, 1.807) is 11.3 Å². The van der Waals surface area contributed by atoms with Gasteiger partial charge >= 0.3 is 6.09 Å². The van der Waals surface area contributed by atoms with Gasteiger partial charge in [-0.05, 0) is 52.2 Å². The molecule has 1 aromatic heterocycles. The molecule has 0 fully saturated rings. The second-order valence-corrected chi connectivity index (χ2v) is 8.24. The molecular formula is C15H23ClN2O2S. The third-order valence-electron chi connectivity index (χ3n) is 3.28. The first-order valence-corrected chi connectivity index (χ1v) is 8.45. The Bertz CT molecular complexity index is 510. The molecule has 0 aromatic carbocycles. The van der Waals surface area contributed by atoms with Gasteiger partial charge in [0.15, 0.2) is 0 Å². The third kappa shape index (κ3) is 4.87. The first-order valence-electron chi connectivity index (χ1n) is 7.25. The highest BCUT2D eigenvalue weighted by Gasteiger charge is 2.25. The van der Waals surface area contributed by atoms with Crippen LogP contribution in [0.25, 0.3) is 0 Å². The number of alkyl carbamates (subject to hydrolysis) is 1. The van der Waals surface area contributed by atoms with Gasteiger partial charge in [0.1, 0.15) is 5.60 Å². The molecular weight excluding hydrogens is 308 g/mol. The van der Waals surface area contributed by atoms with E-state index in [4.69, 9.17) is 16.3 Å². The fraction of sp³-hybridized carbons (Fsp3) is 0.667. The minimum Gasteiger partial charge on any atom is -0.444 e. The summed E-state index contributed by atoms with van der Waals surface area (Å²) in [6, 6.07) is 2.41. The summed E-state index contributed by atoms with van der Waals surface area (Å²) in [5, 5.41) is 6.34. The zero-order valence-corrected chi connectivity index (χ0v) is 14.5. The van der Waals surface area contributed by atoms with Crippen molar-refractivity contribution >= 4 is 29.0 Å². The second kappa shape index (κ2) is 6.55. The van der Waals surface area contributed by atoms with Gasteiger partial charge in [0.2, 0.25) is 0 Å². The van der Waals surface area contributed by atoms with Crippen molar-refractivity contribution in [1.82, 2.24) is 10.6 Å². The Labute approximate surface area is 135 Å². The molecule has 2 N–H and O–H groups in total. The molecule has 21 heavy (non-hydrogen) atoms. The predicted octanol–water partition coefficient (Wildman–Crippen LogP) is 3.89. The minimum atomic E-state index is -0.467. The van der Waals surface area contributed by atoms with Gasteiger partial charge in [-0.1, -0.05) is 11.6 Å². The molecule has 0 saturated heterocycles. The Morgan fingerprint density at radius 1 is 1.57 bits per heavy atom. The number of hydrogen-bond acceptors (Lipinski definition) is 4. The van der Waals surface area contributed by atoms with Crippen molar-refractivity contribution in [2.45, 2.75) is 58.2 Å². The van der Waals surface area contributed by atoms with Crippen molar-refractivity contribution in [3.8, 4) is 0 Å². The van der Waals surface area contributed by atoms with Crippen LogP contribution in [0.5, 0.6) is 0 Å². The summed E-state index contributed by atoms with van der Waals surface area (Å²) in [4.78, 5) is 13.1. The number of halogens is 1. The maximum absolute atomic E-state index is 11.7. The van der Waals surface area contributed by atoms with Gasteiger partial charge in [-0.2, -0.15) is 0 Å². The molecule has 6 heteroatoms. The van der Waals surface area contributed by atoms with Crippen LogP contribution in [0.2, 0.25) is 4.34 Å². The van der Waals surface area contributed by atoms with Crippen LogP contribution < -0.4 is 10.6 Å². The Hall–Kier alpha value is -0.780. The average molecular weight is 331 g/mol. The van der Waals surface area contributed by atoms with Crippen LogP contribution in [-0.4, -0.2) is 24.3 Å². The number of amides is 1. The molecule has 1 aliphatic carbocycles. The molecule has 4 nitrogen and oxygen atoms in total. The number of ether oxygens (including phenoxy) is 1. The fourth-order valence-electron chi connectivity index (χ4n) is 2.42. The van der Waals surface area contributed by atoms with Gasteiger partial charge in [-0.15, -0.1) is 11.3 Å². The second-order valence-electron chi connectivity index (χ2n) is 6.48. The van der Waals surface area contributed by atoms with Crippen LogP contribution in [-0.2, 0) is 11.2 Å². The molecule has 1 aromatic rings. The van der Waals surface area contributed by atoms with Crippen LogP contribution in [0, 0.1) is 0 Å². The zero-order valence-electron chi connectivity index (χ0n) is 13.0. The van der Waals surface area contributed by atoms with Crippen LogP contribution >= 0.6 is 22.9 Å². The number of carbonyl (C=O) groups excluding carboxylic acids is 1. The number of fused-ring (bicyclic) bond motifs is 1. The van der Waals surface area contributed by atoms with Crippen LogP contribution in [0.3, 0.4) is 0 Å². The molecule has 0 spiro atoms. The number of aryl methyl sites for hydroxylation is 1. The molecule has 0 saturated carbocycles. The molecule has 0 radical (unpaired) electrons. The van der Waals surface area contributed by atoms with E-state index >= 15 is 0 Å². The third-order valence-corrected chi connectivity index (χ3v) is 4.62. The Morgan fingerprint density at radius 3 is 2.95 bits per heavy atom. The van der Waals surface area contributed by atoms with Gasteiger partial charge in [0.05, 0.1) is 4.34 Å². The number of nitrogens with one attached hydrogen (secondary N) is 2. The van der Waals surface area contributed by atoms with Crippen LogP contribution in [0.15, 0.2) is 6.07 Å². The molecule has 0 aliphatic heterocycles. The van der Waals surface area contributed by atoms with E-state index in [9.17, 15) is 4.79 Å². The van der Waals surface area contributed by atoms with Crippen molar-refractivity contribution in [3.05, 3.63) is 20.8 Å². The monoisotopic (exact) mass is 330 g/mol. The average Bonchev–Trinajstić information content (AvgIpc) is 2.82. The van der Waals surface area contributed by atoms with Crippen molar-refractivity contribution in [2.24, 2.45) is 0 Å². The lowest BCUT2D eigenvalue weighted by Crippen LogP contribution is -2.43. The standard InChI is InChI=1S/C15H23ClN2O2S/c1-9(18-14(19)20-15(2,3)4)8-17-11-5-6-12-10(11)7-13(16)21-12/h7,9,11,17H,5-6,8H2,1-4H3,(H,18,19). The van der Waals surface area contributed by atoms with E-state index < -0.39 is 5.60 Å². The molecule has 1 aliphatic rings. The summed E-state index contributed by atoms with van der Waals surface area (Å²) in [7, 11) is 0. The lowest BCUT2D eigenvalue weighted by Gasteiger charge is -2.23. The summed E-state index contributed by atoms with van der Waals surface area (Å²) in [5.41, 5.74) is 0.847. The zero-order chi connectivity index (χ0) is 15.6. The summed E-state index contributed by atoms with van der Waals surface area (Å²) in [6.45, 7) is 8.24. The van der Waals surface area contributed by atoms with Gasteiger partial charge < -0.3 is 15.4 Å². The van der Waals surface area contributed by atoms with Crippen molar-refractivity contribution < 1.29 is 9.53 Å². The topological polar surface area (TPSA) is 50.4 Å². The van der Waals surface area contributed by atoms with E-state index in [0.717, 1.165) is 17.2 Å². The van der Waals surface area contributed by atoms with E-state index in [1.807, 2.05) is 27.7 Å². The largest absolute Gasteiger partial charge is 0.444 e. The molecule has 2 rings (SSSR count). The summed E-state index contributed by atoms with van der Waals surface area (Å²) in [5.74, 6) is 0. The predicted molar refractivity (Wildman–Crippen MR) is 87.2 cm³/mol. The maximum Gasteiger partial charge on any atom is 0.407 e. The molecule has 0 bridgehead atoms. The highest BCUT2D eigenvalue weighted by atomic mass is 35.5. The fourth-order valence-corrected chi connectivity index (χ4v) is 3.78. The Kier molecular flexibility index (Phi) is 5.17. The number of rotatable bonds is 4. The number of thiophene rings is 1. The Morgan fingerprint density at radius 2 is 2.29 bits per heavy atom. The minimum absolute atomic E-state index is 0.0120. The number of hydrogen-bond donors (Lipinski definition) is 2. The van der Waals surface area contributed by atoms with E-state index in [-0.39, 0.29) is 12.1 Å². The normalized spacial score (nSPS) is 19.2. The van der Waals surface area contributed by atoms with E-state index in [1.165, 1.54) is 10.4 Å². The van der Waals surface area contributed by atoms with Gasteiger partial charge in [-0.25, -0.2) is 4.79 Å². The van der Waals surface area contributed by atoms with Crippen molar-refractivity contribution in [3.63, 3.8) is 0 Å². The van der Waals surface area contributed by atoms with Gasteiger partial charge in [-0.3, -0.25) is 0 Å². The lowest BCUT2D eigenvalue weighted by molar-refractivity contribution is 0.0507. The molecule has 1 amide bonds. The number of carbonyl (C=O) groups is 1. The molecule has 2 atom stereocenters. The summed E-state index contributed by atoms with van der Waals surface area (Å²) in [6.07, 6.45) is 1.80. The Balaban J connectivity index is 1.77. The lowest BCUT2D eigenvalue weighted by atomic mass is 10.1. The van der Waals surface area contributed by atoms with E-state index in [2.05, 4.69) is 16.7 Å². The van der Waals surface area contributed by atoms with Crippen molar-refractivity contribution in [2.75, 3.05) is 6.54 Å². The van der Waals surface area contributed by atoms with Gasteiger partial charge in [0, 0.05) is 23.5 Å². The van der Waals surface area contributed by atoms with Crippen LogP contribution in [0.4, 0.5) is 4.79 Å². The quantitative estimate of drug-likeness (QED) is 0.880. The van der Waals surface area contributed by atoms with Crippen LogP contribution in [0.1, 0.15) is 50.6 Å². The summed E-state index contributed by atoms with van der Waals surface area (Å²) >= 11 is 7.72. The van der Waals surface area contributed by atoms with Gasteiger partial charge in [0.25, 0.3) is 0 Å². The van der Waals surface area contributed by atoms with Crippen molar-refractivity contribution in [1.29, 1.82) is 0 Å². The van der Waals surface area contributed by atoms with E-state index in [0.29, 0.717) is 12.6 Å². The SMILES string of the molecule is CC(CNC1CCc2sc(Cl)cc21)NC(=O)OC(C)(C)C. The first kappa shape index (κ1) is 16.6. The highest BCUT2D eigenvalue weighted by Crippen LogP contribution is 2.39. The summed E-state index contributed by atoms with van der Waals surface area (Å²) < 4.78 is 6.10. The molecule has 2 unspecified atom stereocenters. The maximum atomic E-state index is 11.7. The molecule has 1 heterocycles. The highest BCUT2D eigenvalue weighted by molar-refractivity contribution is 7.16. The smallest absolute Gasteiger partial charge is 0.407 e.